The standard InChI is InChI=1S/C14H11BrN2O4S/c1-2-5-17-13(21)8(12(20)16-14(17)22)6-7-9(15)3-4-10(18)11(7)19/h2-4,6,18-19H,1,5H2,(H,16,20,22). The van der Waals surface area contributed by atoms with Gasteiger partial charge in [0.2, 0.25) is 0 Å². The number of nitrogens with one attached hydrogen (secondary N) is 1. The van der Waals surface area contributed by atoms with Gasteiger partial charge in [0.15, 0.2) is 16.6 Å². The number of nitrogens with zero attached hydrogens (tertiary/aromatic N) is 1. The third-order valence-corrected chi connectivity index (χ3v) is 3.94. The molecule has 1 fully saturated rings. The van der Waals surface area contributed by atoms with Gasteiger partial charge in [0.25, 0.3) is 11.8 Å². The molecule has 1 aromatic carbocycles. The van der Waals surface area contributed by atoms with E-state index in [-0.39, 0.29) is 28.5 Å². The number of hydrogen-bond acceptors (Lipinski definition) is 5. The van der Waals surface area contributed by atoms with Gasteiger partial charge in [-0.25, -0.2) is 0 Å². The van der Waals surface area contributed by atoms with E-state index >= 15 is 0 Å². The molecule has 2 amide bonds. The summed E-state index contributed by atoms with van der Waals surface area (Å²) in [4.78, 5) is 25.5. The topological polar surface area (TPSA) is 89.9 Å². The molecule has 1 aliphatic rings. The van der Waals surface area contributed by atoms with Gasteiger partial charge >= 0.3 is 0 Å². The second-order valence-electron chi connectivity index (χ2n) is 4.35. The van der Waals surface area contributed by atoms with Gasteiger partial charge in [0.1, 0.15) is 5.57 Å². The van der Waals surface area contributed by atoms with Gasteiger partial charge in [-0.3, -0.25) is 19.8 Å². The molecule has 0 aromatic heterocycles. The van der Waals surface area contributed by atoms with Crippen LogP contribution in [-0.2, 0) is 9.59 Å². The smallest absolute Gasteiger partial charge is 0.265 e. The first kappa shape index (κ1) is 16.2. The summed E-state index contributed by atoms with van der Waals surface area (Å²) in [5.41, 5.74) is -0.0954. The van der Waals surface area contributed by atoms with E-state index in [4.69, 9.17) is 12.2 Å². The Morgan fingerprint density at radius 3 is 2.68 bits per heavy atom. The monoisotopic (exact) mass is 382 g/mol. The van der Waals surface area contributed by atoms with Crippen LogP contribution in [-0.4, -0.2) is 38.6 Å². The highest BCUT2D eigenvalue weighted by atomic mass is 79.9. The first-order valence-electron chi connectivity index (χ1n) is 6.07. The highest BCUT2D eigenvalue weighted by Crippen LogP contribution is 2.36. The lowest BCUT2D eigenvalue weighted by Gasteiger charge is -2.27. The fourth-order valence-electron chi connectivity index (χ4n) is 1.84. The van der Waals surface area contributed by atoms with Crippen LogP contribution in [0.15, 0.2) is 34.8 Å². The van der Waals surface area contributed by atoms with E-state index in [2.05, 4.69) is 27.8 Å². The Bertz CT molecular complexity index is 730. The van der Waals surface area contributed by atoms with Crippen molar-refractivity contribution >= 4 is 51.2 Å². The molecule has 22 heavy (non-hydrogen) atoms. The predicted octanol–water partition coefficient (Wildman–Crippen LogP) is 1.67. The first-order chi connectivity index (χ1) is 10.4. The number of thiocarbonyl (C=S) groups is 1. The predicted molar refractivity (Wildman–Crippen MR) is 88.1 cm³/mol. The molecule has 0 spiro atoms. The second-order valence-corrected chi connectivity index (χ2v) is 5.59. The van der Waals surface area contributed by atoms with E-state index in [0.29, 0.717) is 4.47 Å². The number of carbonyl (C=O) groups is 2. The van der Waals surface area contributed by atoms with Crippen molar-refractivity contribution in [1.29, 1.82) is 0 Å². The van der Waals surface area contributed by atoms with Gasteiger partial charge < -0.3 is 10.2 Å². The normalized spacial score (nSPS) is 16.9. The minimum absolute atomic E-state index is 0.00811. The zero-order valence-corrected chi connectivity index (χ0v) is 13.6. The average molecular weight is 383 g/mol. The van der Waals surface area contributed by atoms with Crippen molar-refractivity contribution in [3.05, 3.63) is 40.4 Å². The summed E-state index contributed by atoms with van der Waals surface area (Å²) in [6, 6.07) is 2.77. The SMILES string of the molecule is C=CCN1C(=O)C(=Cc2c(Br)ccc(O)c2O)C(=O)NC1=S. The van der Waals surface area contributed by atoms with Crippen molar-refractivity contribution in [2.75, 3.05) is 6.54 Å². The largest absolute Gasteiger partial charge is 0.504 e. The summed E-state index contributed by atoms with van der Waals surface area (Å²) >= 11 is 8.13. The summed E-state index contributed by atoms with van der Waals surface area (Å²) in [5, 5.41) is 21.8. The Balaban J connectivity index is 2.53. The molecule has 1 aliphatic heterocycles. The highest BCUT2D eigenvalue weighted by molar-refractivity contribution is 9.10. The maximum atomic E-state index is 12.4. The lowest BCUT2D eigenvalue weighted by molar-refractivity contribution is -0.128. The number of amides is 2. The molecule has 0 unspecified atom stereocenters. The number of benzene rings is 1. The molecule has 0 bridgehead atoms. The Labute approximate surface area is 139 Å². The molecule has 8 heteroatoms. The first-order valence-corrected chi connectivity index (χ1v) is 7.27. The Morgan fingerprint density at radius 2 is 2.05 bits per heavy atom. The molecule has 114 valence electrons. The van der Waals surface area contributed by atoms with Crippen LogP contribution in [0.1, 0.15) is 5.56 Å². The van der Waals surface area contributed by atoms with E-state index in [1.54, 1.807) is 0 Å². The van der Waals surface area contributed by atoms with Crippen molar-refractivity contribution in [3.63, 3.8) is 0 Å². The molecule has 1 saturated heterocycles. The van der Waals surface area contributed by atoms with Crippen LogP contribution in [0, 0.1) is 0 Å². The van der Waals surface area contributed by atoms with Crippen LogP contribution in [0.5, 0.6) is 11.5 Å². The molecule has 1 heterocycles. The van der Waals surface area contributed by atoms with Crippen molar-refractivity contribution in [2.45, 2.75) is 0 Å². The fraction of sp³-hybridized carbons (Fsp3) is 0.0714. The maximum Gasteiger partial charge on any atom is 0.265 e. The molecule has 0 radical (unpaired) electrons. The molecular weight excluding hydrogens is 372 g/mol. The number of hydrogen-bond donors (Lipinski definition) is 3. The van der Waals surface area contributed by atoms with Gasteiger partial charge in [-0.05, 0) is 30.4 Å². The van der Waals surface area contributed by atoms with Gasteiger partial charge in [0.05, 0.1) is 0 Å². The zero-order chi connectivity index (χ0) is 16.4. The summed E-state index contributed by atoms with van der Waals surface area (Å²) in [6.07, 6.45) is 2.66. The third-order valence-electron chi connectivity index (χ3n) is 2.93. The van der Waals surface area contributed by atoms with Crippen LogP contribution in [0.3, 0.4) is 0 Å². The van der Waals surface area contributed by atoms with Crippen LogP contribution in [0.4, 0.5) is 0 Å². The molecular formula is C14H11BrN2O4S. The van der Waals surface area contributed by atoms with Gasteiger partial charge in [-0.2, -0.15) is 0 Å². The molecule has 0 aliphatic carbocycles. The van der Waals surface area contributed by atoms with Crippen molar-refractivity contribution in [3.8, 4) is 11.5 Å². The number of phenolic OH excluding ortho intramolecular Hbond substituents is 2. The van der Waals surface area contributed by atoms with Crippen molar-refractivity contribution < 1.29 is 19.8 Å². The number of aromatic hydroxyl groups is 2. The summed E-state index contributed by atoms with van der Waals surface area (Å²) in [7, 11) is 0. The zero-order valence-electron chi connectivity index (χ0n) is 11.2. The highest BCUT2D eigenvalue weighted by Gasteiger charge is 2.33. The quantitative estimate of drug-likeness (QED) is 0.243. The number of carbonyl (C=O) groups excluding carboxylic acids is 2. The fourth-order valence-corrected chi connectivity index (χ4v) is 2.53. The minimum Gasteiger partial charge on any atom is -0.504 e. The van der Waals surface area contributed by atoms with E-state index in [1.165, 1.54) is 29.2 Å². The lowest BCUT2D eigenvalue weighted by Crippen LogP contribution is -2.53. The van der Waals surface area contributed by atoms with E-state index in [9.17, 15) is 19.8 Å². The molecule has 1 aromatic rings. The third kappa shape index (κ3) is 2.88. The Hall–Kier alpha value is -2.19. The van der Waals surface area contributed by atoms with Crippen LogP contribution < -0.4 is 5.32 Å². The van der Waals surface area contributed by atoms with Gasteiger partial charge in [-0.1, -0.05) is 22.0 Å². The Kier molecular flexibility index (Phi) is 4.62. The summed E-state index contributed by atoms with van der Waals surface area (Å²) in [6.45, 7) is 3.67. The minimum atomic E-state index is -0.676. The van der Waals surface area contributed by atoms with Crippen molar-refractivity contribution in [1.82, 2.24) is 10.2 Å². The molecule has 0 atom stereocenters. The van der Waals surface area contributed by atoms with Gasteiger partial charge in [-0.15, -0.1) is 6.58 Å². The number of halogens is 1. The molecule has 2 rings (SSSR count). The molecule has 0 saturated carbocycles. The molecule has 6 nitrogen and oxygen atoms in total. The lowest BCUT2D eigenvalue weighted by atomic mass is 10.1. The second kappa shape index (κ2) is 6.29. The average Bonchev–Trinajstić information content (AvgIpc) is 2.46. The molecule has 3 N–H and O–H groups in total. The Morgan fingerprint density at radius 1 is 1.36 bits per heavy atom. The van der Waals surface area contributed by atoms with E-state index < -0.39 is 17.6 Å². The number of rotatable bonds is 3. The van der Waals surface area contributed by atoms with Crippen molar-refractivity contribution in [2.24, 2.45) is 0 Å². The summed E-state index contributed by atoms with van der Waals surface area (Å²) < 4.78 is 0.416. The van der Waals surface area contributed by atoms with E-state index in [0.717, 1.165) is 0 Å². The van der Waals surface area contributed by atoms with Crippen LogP contribution >= 0.6 is 28.1 Å². The van der Waals surface area contributed by atoms with Crippen LogP contribution in [0.2, 0.25) is 0 Å². The van der Waals surface area contributed by atoms with Crippen LogP contribution in [0.25, 0.3) is 6.08 Å². The summed E-state index contributed by atoms with van der Waals surface area (Å²) in [5.74, 6) is -2.09. The number of phenols is 2. The van der Waals surface area contributed by atoms with Gasteiger partial charge in [0, 0.05) is 16.6 Å². The van der Waals surface area contributed by atoms with E-state index in [1.807, 2.05) is 0 Å². The maximum absolute atomic E-state index is 12.4.